The van der Waals surface area contributed by atoms with Crippen LogP contribution in [0.15, 0.2) is 35.8 Å². The van der Waals surface area contributed by atoms with Crippen LogP contribution in [0.5, 0.6) is 11.5 Å². The molecule has 3 rings (SSSR count). The third-order valence-corrected chi connectivity index (χ3v) is 3.89. The zero-order chi connectivity index (χ0) is 18.1. The molecule has 0 unspecified atom stereocenters. The maximum atomic E-state index is 12.5. The molecule has 0 aliphatic carbocycles. The molecular formula is C16H16F2N4O3. The van der Waals surface area contributed by atoms with Gasteiger partial charge in [-0.2, -0.15) is 18.9 Å². The molecule has 1 aliphatic heterocycles. The smallest absolute Gasteiger partial charge is 0.387 e. The minimum atomic E-state index is -2.96. The molecule has 1 aliphatic rings. The van der Waals surface area contributed by atoms with Crippen molar-refractivity contribution in [3.8, 4) is 11.5 Å². The maximum absolute atomic E-state index is 12.5. The van der Waals surface area contributed by atoms with Crippen molar-refractivity contribution >= 4 is 11.7 Å². The van der Waals surface area contributed by atoms with E-state index in [0.717, 1.165) is 0 Å². The second kappa shape index (κ2) is 6.50. The van der Waals surface area contributed by atoms with Gasteiger partial charge in [-0.25, -0.2) is 4.68 Å². The summed E-state index contributed by atoms with van der Waals surface area (Å²) < 4.78 is 36.2. The first-order valence-corrected chi connectivity index (χ1v) is 7.43. The Morgan fingerprint density at radius 2 is 2.12 bits per heavy atom. The monoisotopic (exact) mass is 350 g/mol. The van der Waals surface area contributed by atoms with Crippen LogP contribution >= 0.6 is 0 Å². The second-order valence-corrected chi connectivity index (χ2v) is 5.44. The summed E-state index contributed by atoms with van der Waals surface area (Å²) in [4.78, 5) is 16.3. The first kappa shape index (κ1) is 16.9. The molecule has 132 valence electrons. The number of Topliss-reactive ketones (excluding diaryl/α,β-unsaturated/α-hetero) is 1. The molecule has 1 atom stereocenters. The Morgan fingerprint density at radius 1 is 1.36 bits per heavy atom. The lowest BCUT2D eigenvalue weighted by Gasteiger charge is -2.28. The molecule has 0 saturated carbocycles. The number of hydrogen-bond donors (Lipinski definition) is 1. The standard InChI is InChI=1S/C16H16F2N4O3/c1-8-13(9(2)23)14(22-16(21-8)19-7-20-22)10-4-5-11(25-15(17)18)12(6-10)24-3/h4-7,14-15H,1-3H3,(H,19,20,21)/t14-/m0/s1. The molecule has 0 saturated heterocycles. The predicted molar refractivity (Wildman–Crippen MR) is 84.8 cm³/mol. The van der Waals surface area contributed by atoms with Gasteiger partial charge in [0.2, 0.25) is 5.95 Å². The van der Waals surface area contributed by atoms with Crippen LogP contribution in [-0.4, -0.2) is 34.3 Å². The van der Waals surface area contributed by atoms with Crippen molar-refractivity contribution in [3.05, 3.63) is 41.4 Å². The van der Waals surface area contributed by atoms with Crippen molar-refractivity contribution in [1.29, 1.82) is 0 Å². The van der Waals surface area contributed by atoms with Crippen molar-refractivity contribution in [2.45, 2.75) is 26.5 Å². The Morgan fingerprint density at radius 3 is 2.76 bits per heavy atom. The normalized spacial score (nSPS) is 16.5. The highest BCUT2D eigenvalue weighted by Gasteiger charge is 2.32. The van der Waals surface area contributed by atoms with Crippen LogP contribution in [-0.2, 0) is 4.79 Å². The van der Waals surface area contributed by atoms with Crippen LogP contribution in [0.25, 0.3) is 0 Å². The van der Waals surface area contributed by atoms with Crippen LogP contribution in [0.4, 0.5) is 14.7 Å². The highest BCUT2D eigenvalue weighted by atomic mass is 19.3. The van der Waals surface area contributed by atoms with Gasteiger partial charge in [-0.05, 0) is 31.5 Å². The Labute approximate surface area is 142 Å². The molecule has 2 heterocycles. The van der Waals surface area contributed by atoms with Crippen molar-refractivity contribution in [3.63, 3.8) is 0 Å². The topological polar surface area (TPSA) is 78.3 Å². The number of fused-ring (bicyclic) bond motifs is 1. The number of alkyl halides is 2. The Kier molecular flexibility index (Phi) is 4.39. The van der Waals surface area contributed by atoms with Gasteiger partial charge in [-0.15, -0.1) is 0 Å². The Balaban J connectivity index is 2.12. The fraction of sp³-hybridized carbons (Fsp3) is 0.312. The lowest BCUT2D eigenvalue weighted by Crippen LogP contribution is -2.27. The summed E-state index contributed by atoms with van der Waals surface area (Å²) in [5.41, 5.74) is 1.80. The summed E-state index contributed by atoms with van der Waals surface area (Å²) in [6.07, 6.45) is 1.37. The quantitative estimate of drug-likeness (QED) is 0.893. The molecule has 0 fully saturated rings. The summed E-state index contributed by atoms with van der Waals surface area (Å²) >= 11 is 0. The molecule has 2 aromatic rings. The van der Waals surface area contributed by atoms with Crippen LogP contribution < -0.4 is 14.8 Å². The van der Waals surface area contributed by atoms with E-state index in [-0.39, 0.29) is 17.3 Å². The van der Waals surface area contributed by atoms with Crippen LogP contribution in [0.3, 0.4) is 0 Å². The summed E-state index contributed by atoms with van der Waals surface area (Å²) in [7, 11) is 1.35. The lowest BCUT2D eigenvalue weighted by molar-refractivity contribution is -0.114. The average Bonchev–Trinajstić information content (AvgIpc) is 3.01. The maximum Gasteiger partial charge on any atom is 0.387 e. The van der Waals surface area contributed by atoms with E-state index in [4.69, 9.17) is 4.74 Å². The molecule has 0 spiro atoms. The number of carbonyl (C=O) groups is 1. The summed E-state index contributed by atoms with van der Waals surface area (Å²) in [6, 6.07) is 3.98. The largest absolute Gasteiger partial charge is 0.493 e. The third kappa shape index (κ3) is 3.04. The van der Waals surface area contributed by atoms with Crippen LogP contribution in [0.2, 0.25) is 0 Å². The van der Waals surface area contributed by atoms with Gasteiger partial charge in [-0.3, -0.25) is 4.79 Å². The molecule has 25 heavy (non-hydrogen) atoms. The molecule has 0 radical (unpaired) electrons. The number of halogens is 2. The van der Waals surface area contributed by atoms with E-state index in [0.29, 0.717) is 22.8 Å². The number of methoxy groups -OCH3 is 1. The number of anilines is 1. The van der Waals surface area contributed by atoms with Crippen LogP contribution in [0, 0.1) is 0 Å². The summed E-state index contributed by atoms with van der Waals surface area (Å²) in [5, 5.41) is 7.20. The number of carbonyl (C=O) groups excluding carboxylic acids is 1. The SMILES string of the molecule is COc1cc([C@H]2C(C(C)=O)=C(C)Nc3ncnn32)ccc1OC(F)F. The number of hydrogen-bond acceptors (Lipinski definition) is 6. The second-order valence-electron chi connectivity index (χ2n) is 5.44. The summed E-state index contributed by atoms with van der Waals surface area (Å²) in [6.45, 7) is 0.268. The number of nitrogens with one attached hydrogen (secondary N) is 1. The summed E-state index contributed by atoms with van der Waals surface area (Å²) in [5.74, 6) is 0.403. The number of allylic oxidation sites excluding steroid dienone is 2. The molecular weight excluding hydrogens is 334 g/mol. The van der Waals surface area contributed by atoms with E-state index >= 15 is 0 Å². The van der Waals surface area contributed by atoms with Crippen LogP contribution in [0.1, 0.15) is 25.5 Å². The van der Waals surface area contributed by atoms with Crippen molar-refractivity contribution in [2.75, 3.05) is 12.4 Å². The molecule has 1 aromatic carbocycles. The fourth-order valence-electron chi connectivity index (χ4n) is 2.90. The molecule has 0 amide bonds. The van der Waals surface area contributed by atoms with Gasteiger partial charge in [0.25, 0.3) is 0 Å². The highest BCUT2D eigenvalue weighted by Crippen LogP contribution is 2.38. The van der Waals surface area contributed by atoms with E-state index < -0.39 is 12.7 Å². The van der Waals surface area contributed by atoms with E-state index in [1.54, 1.807) is 23.7 Å². The van der Waals surface area contributed by atoms with Gasteiger partial charge in [0.15, 0.2) is 17.3 Å². The van der Waals surface area contributed by atoms with E-state index in [1.165, 1.54) is 26.4 Å². The molecule has 1 N–H and O–H groups in total. The first-order valence-electron chi connectivity index (χ1n) is 7.43. The molecule has 1 aromatic heterocycles. The van der Waals surface area contributed by atoms with E-state index in [2.05, 4.69) is 20.1 Å². The number of ketones is 1. The highest BCUT2D eigenvalue weighted by molar-refractivity contribution is 5.96. The number of nitrogens with zero attached hydrogens (tertiary/aromatic N) is 3. The first-order chi connectivity index (χ1) is 11.9. The molecule has 0 bridgehead atoms. The average molecular weight is 350 g/mol. The van der Waals surface area contributed by atoms with E-state index in [9.17, 15) is 13.6 Å². The predicted octanol–water partition coefficient (Wildman–Crippen LogP) is 2.77. The van der Waals surface area contributed by atoms with Gasteiger partial charge < -0.3 is 14.8 Å². The van der Waals surface area contributed by atoms with Crippen molar-refractivity contribution in [2.24, 2.45) is 0 Å². The Hall–Kier alpha value is -2.97. The van der Waals surface area contributed by atoms with Gasteiger partial charge in [0, 0.05) is 11.3 Å². The number of rotatable bonds is 5. The van der Waals surface area contributed by atoms with Gasteiger partial charge in [0.1, 0.15) is 12.4 Å². The third-order valence-electron chi connectivity index (χ3n) is 3.89. The zero-order valence-electron chi connectivity index (χ0n) is 13.8. The lowest BCUT2D eigenvalue weighted by atomic mass is 9.93. The van der Waals surface area contributed by atoms with E-state index in [1.807, 2.05) is 0 Å². The van der Waals surface area contributed by atoms with Crippen molar-refractivity contribution in [1.82, 2.24) is 14.8 Å². The number of benzene rings is 1. The minimum absolute atomic E-state index is 0.0842. The molecule has 7 nitrogen and oxygen atoms in total. The van der Waals surface area contributed by atoms with Crippen molar-refractivity contribution < 1.29 is 23.0 Å². The van der Waals surface area contributed by atoms with Gasteiger partial charge >= 0.3 is 6.61 Å². The number of aromatic nitrogens is 3. The van der Waals surface area contributed by atoms with Gasteiger partial charge in [-0.1, -0.05) is 6.07 Å². The zero-order valence-corrected chi connectivity index (χ0v) is 13.8. The number of ether oxygens (including phenoxy) is 2. The fourth-order valence-corrected chi connectivity index (χ4v) is 2.90. The van der Waals surface area contributed by atoms with Gasteiger partial charge in [0.05, 0.1) is 7.11 Å². The Bertz CT molecular complexity index is 848. The minimum Gasteiger partial charge on any atom is -0.493 e. The molecule has 9 heteroatoms.